The Morgan fingerprint density at radius 2 is 1.75 bits per heavy atom. The minimum atomic E-state index is 0.250. The van der Waals surface area contributed by atoms with Gasteiger partial charge in [-0.1, -0.05) is 48.8 Å². The first-order valence-electron chi connectivity index (χ1n) is 6.94. The van der Waals surface area contributed by atoms with Gasteiger partial charge >= 0.3 is 0 Å². The third-order valence-electron chi connectivity index (χ3n) is 3.35. The van der Waals surface area contributed by atoms with Crippen molar-refractivity contribution in [3.8, 4) is 0 Å². The summed E-state index contributed by atoms with van der Waals surface area (Å²) in [6.45, 7) is 9.93. The summed E-state index contributed by atoms with van der Waals surface area (Å²) < 4.78 is 1.13. The molecular weight excluding hydrogens is 330 g/mol. The first-order chi connectivity index (χ1) is 9.36. The van der Waals surface area contributed by atoms with E-state index in [1.165, 1.54) is 15.3 Å². The number of halogens is 1. The fourth-order valence-electron chi connectivity index (χ4n) is 2.00. The molecule has 0 bridgehead atoms. The summed E-state index contributed by atoms with van der Waals surface area (Å²) in [5.41, 5.74) is 1.57. The zero-order valence-electron chi connectivity index (χ0n) is 12.5. The molecule has 2 rings (SSSR count). The molecule has 0 radical (unpaired) electrons. The van der Waals surface area contributed by atoms with Crippen LogP contribution in [0.15, 0.2) is 40.9 Å². The normalized spacial score (nSPS) is 13.4. The molecule has 0 amide bonds. The molecule has 0 saturated carbocycles. The van der Waals surface area contributed by atoms with E-state index in [1.807, 2.05) is 11.3 Å². The summed E-state index contributed by atoms with van der Waals surface area (Å²) in [5.74, 6) is 0. The third kappa shape index (κ3) is 4.18. The van der Waals surface area contributed by atoms with Crippen LogP contribution < -0.4 is 5.32 Å². The lowest BCUT2D eigenvalue weighted by Crippen LogP contribution is -2.17. The van der Waals surface area contributed by atoms with Gasteiger partial charge in [0.25, 0.3) is 0 Å². The van der Waals surface area contributed by atoms with Gasteiger partial charge in [-0.25, -0.2) is 0 Å². The van der Waals surface area contributed by atoms with E-state index in [-0.39, 0.29) is 5.41 Å². The highest BCUT2D eigenvalue weighted by Crippen LogP contribution is 2.29. The number of nitrogens with one attached hydrogen (secondary N) is 1. The molecule has 0 aliphatic rings. The van der Waals surface area contributed by atoms with Gasteiger partial charge in [-0.15, -0.1) is 11.3 Å². The zero-order valence-corrected chi connectivity index (χ0v) is 14.9. The molecule has 0 fully saturated rings. The van der Waals surface area contributed by atoms with Crippen molar-refractivity contribution >= 4 is 27.3 Å². The Balaban J connectivity index is 1.95. The van der Waals surface area contributed by atoms with Crippen molar-refractivity contribution in [2.24, 2.45) is 0 Å². The largest absolute Gasteiger partial charge is 0.305 e. The molecule has 2 aromatic rings. The van der Waals surface area contributed by atoms with Crippen molar-refractivity contribution in [2.75, 3.05) is 0 Å². The van der Waals surface area contributed by atoms with Gasteiger partial charge in [0.1, 0.15) is 0 Å². The average molecular weight is 352 g/mol. The number of rotatable bonds is 4. The predicted molar refractivity (Wildman–Crippen MR) is 92.4 cm³/mol. The van der Waals surface area contributed by atoms with Gasteiger partial charge < -0.3 is 5.32 Å². The van der Waals surface area contributed by atoms with Crippen molar-refractivity contribution in [2.45, 2.75) is 45.7 Å². The van der Waals surface area contributed by atoms with Crippen molar-refractivity contribution < 1.29 is 0 Å². The van der Waals surface area contributed by atoms with Gasteiger partial charge in [0.15, 0.2) is 0 Å². The van der Waals surface area contributed by atoms with Crippen LogP contribution in [0.1, 0.15) is 49.1 Å². The Kier molecular flexibility index (Phi) is 5.05. The van der Waals surface area contributed by atoms with Gasteiger partial charge in [0.05, 0.1) is 0 Å². The third-order valence-corrected chi connectivity index (χ3v) is 5.39. The molecule has 1 unspecified atom stereocenters. The number of thiophene rings is 1. The molecule has 0 aliphatic carbocycles. The molecule has 1 heterocycles. The minimum Gasteiger partial charge on any atom is -0.305 e. The van der Waals surface area contributed by atoms with E-state index in [1.54, 1.807) is 0 Å². The summed E-state index contributed by atoms with van der Waals surface area (Å²) in [6.07, 6.45) is 0. The van der Waals surface area contributed by atoms with Crippen LogP contribution in [-0.4, -0.2) is 0 Å². The summed E-state index contributed by atoms with van der Waals surface area (Å²) in [7, 11) is 0. The Morgan fingerprint density at radius 3 is 2.30 bits per heavy atom. The monoisotopic (exact) mass is 351 g/mol. The lowest BCUT2D eigenvalue weighted by molar-refractivity contribution is 0.579. The van der Waals surface area contributed by atoms with E-state index >= 15 is 0 Å². The summed E-state index contributed by atoms with van der Waals surface area (Å²) in [4.78, 5) is 2.85. The van der Waals surface area contributed by atoms with Gasteiger partial charge in [-0.2, -0.15) is 0 Å². The van der Waals surface area contributed by atoms with Crippen LogP contribution in [0.5, 0.6) is 0 Å². The van der Waals surface area contributed by atoms with E-state index in [4.69, 9.17) is 0 Å². The molecule has 1 N–H and O–H groups in total. The van der Waals surface area contributed by atoms with Gasteiger partial charge in [-0.3, -0.25) is 0 Å². The van der Waals surface area contributed by atoms with E-state index in [2.05, 4.69) is 85.3 Å². The lowest BCUT2D eigenvalue weighted by atomic mass is 9.95. The number of hydrogen-bond donors (Lipinski definition) is 1. The van der Waals surface area contributed by atoms with Crippen LogP contribution >= 0.6 is 27.3 Å². The Labute approximate surface area is 134 Å². The molecule has 1 nitrogen and oxygen atoms in total. The molecule has 3 heteroatoms. The van der Waals surface area contributed by atoms with E-state index in [0.717, 1.165) is 11.0 Å². The van der Waals surface area contributed by atoms with Gasteiger partial charge in [0, 0.05) is 26.8 Å². The highest BCUT2D eigenvalue weighted by Gasteiger charge is 2.16. The second-order valence-corrected chi connectivity index (χ2v) is 8.25. The van der Waals surface area contributed by atoms with E-state index in [0.29, 0.717) is 6.04 Å². The van der Waals surface area contributed by atoms with E-state index in [9.17, 15) is 0 Å². The lowest BCUT2D eigenvalue weighted by Gasteiger charge is -2.16. The minimum absolute atomic E-state index is 0.250. The first-order valence-corrected chi connectivity index (χ1v) is 8.55. The molecule has 1 aromatic heterocycles. The first kappa shape index (κ1) is 15.7. The zero-order chi connectivity index (χ0) is 14.8. The Hall–Kier alpha value is -0.640. The van der Waals surface area contributed by atoms with E-state index < -0.39 is 0 Å². The van der Waals surface area contributed by atoms with Crippen LogP contribution in [0.2, 0.25) is 0 Å². The highest BCUT2D eigenvalue weighted by atomic mass is 79.9. The van der Waals surface area contributed by atoms with Crippen LogP contribution in [0.3, 0.4) is 0 Å². The fraction of sp³-hybridized carbons (Fsp3) is 0.412. The molecule has 0 saturated heterocycles. The van der Waals surface area contributed by atoms with Crippen LogP contribution in [0.4, 0.5) is 0 Å². The Bertz CT molecular complexity index is 551. The molecule has 1 aromatic carbocycles. The average Bonchev–Trinajstić information content (AvgIpc) is 2.85. The summed E-state index contributed by atoms with van der Waals surface area (Å²) >= 11 is 5.38. The maximum absolute atomic E-state index is 3.59. The van der Waals surface area contributed by atoms with Gasteiger partial charge in [-0.05, 0) is 42.2 Å². The Morgan fingerprint density at radius 1 is 1.10 bits per heavy atom. The fourth-order valence-corrected chi connectivity index (χ4v) is 3.28. The molecule has 108 valence electrons. The topological polar surface area (TPSA) is 12.0 Å². The maximum atomic E-state index is 3.59. The molecule has 1 atom stereocenters. The van der Waals surface area contributed by atoms with Crippen LogP contribution in [-0.2, 0) is 12.0 Å². The molecular formula is C17H22BrNS. The van der Waals surface area contributed by atoms with Crippen LogP contribution in [0, 0.1) is 0 Å². The highest BCUT2D eigenvalue weighted by molar-refractivity contribution is 9.10. The van der Waals surface area contributed by atoms with Crippen molar-refractivity contribution in [3.63, 3.8) is 0 Å². The summed E-state index contributed by atoms with van der Waals surface area (Å²) in [6, 6.07) is 13.4. The number of benzene rings is 1. The van der Waals surface area contributed by atoms with Crippen molar-refractivity contribution in [3.05, 3.63) is 56.2 Å². The standard InChI is InChI=1S/C17H22BrNS/c1-12(13-5-7-14(18)8-6-13)19-11-15-9-10-16(20-15)17(2,3)4/h5-10,12,19H,11H2,1-4H3. The van der Waals surface area contributed by atoms with Crippen molar-refractivity contribution in [1.82, 2.24) is 5.32 Å². The maximum Gasteiger partial charge on any atom is 0.0305 e. The van der Waals surface area contributed by atoms with Gasteiger partial charge in [0.2, 0.25) is 0 Å². The second-order valence-electron chi connectivity index (χ2n) is 6.17. The SMILES string of the molecule is CC(NCc1ccc(C(C)(C)C)s1)c1ccc(Br)cc1. The molecule has 20 heavy (non-hydrogen) atoms. The second kappa shape index (κ2) is 6.42. The number of hydrogen-bond acceptors (Lipinski definition) is 2. The summed E-state index contributed by atoms with van der Waals surface area (Å²) in [5, 5.41) is 3.59. The smallest absolute Gasteiger partial charge is 0.0305 e. The molecule has 0 spiro atoms. The van der Waals surface area contributed by atoms with Crippen LogP contribution in [0.25, 0.3) is 0 Å². The molecule has 0 aliphatic heterocycles. The van der Waals surface area contributed by atoms with Crippen molar-refractivity contribution in [1.29, 1.82) is 0 Å². The quantitative estimate of drug-likeness (QED) is 0.749. The predicted octanol–water partition coefficient (Wildman–Crippen LogP) is 5.66.